The summed E-state index contributed by atoms with van der Waals surface area (Å²) >= 11 is 0. The van der Waals surface area contributed by atoms with Crippen LogP contribution in [0.3, 0.4) is 0 Å². The first kappa shape index (κ1) is 7.65. The monoisotopic (exact) mass is 172 g/mol. The van der Waals surface area contributed by atoms with Gasteiger partial charge in [-0.1, -0.05) is 6.07 Å². The van der Waals surface area contributed by atoms with Gasteiger partial charge in [0.05, 0.1) is 0 Å². The molecule has 1 aromatic rings. The molecule has 64 valence electrons. The van der Waals surface area contributed by atoms with Crippen LogP contribution in [-0.4, -0.2) is 6.17 Å². The predicted molar refractivity (Wildman–Crippen MR) is 38.6 cm³/mol. The molecule has 1 aliphatic carbocycles. The second-order valence-electron chi connectivity index (χ2n) is 3.02. The van der Waals surface area contributed by atoms with Crippen LogP contribution in [0.1, 0.15) is 17.9 Å². The third kappa shape index (κ3) is 1.19. The Labute approximate surface area is 68.0 Å². The Hall–Kier alpha value is -0.990. The quantitative estimate of drug-likeness (QED) is 0.611. The zero-order chi connectivity index (χ0) is 8.72. The Kier molecular flexibility index (Phi) is 1.60. The van der Waals surface area contributed by atoms with E-state index < -0.39 is 17.8 Å². The van der Waals surface area contributed by atoms with Gasteiger partial charge >= 0.3 is 0 Å². The van der Waals surface area contributed by atoms with Crippen LogP contribution in [0, 0.1) is 11.6 Å². The Morgan fingerprint density at radius 3 is 2.42 bits per heavy atom. The third-order valence-corrected chi connectivity index (χ3v) is 2.07. The van der Waals surface area contributed by atoms with Crippen LogP contribution < -0.4 is 0 Å². The second kappa shape index (κ2) is 2.51. The van der Waals surface area contributed by atoms with Crippen LogP contribution in [0.2, 0.25) is 0 Å². The first-order valence-electron chi connectivity index (χ1n) is 3.77. The van der Waals surface area contributed by atoms with E-state index in [4.69, 9.17) is 0 Å². The molecule has 0 spiro atoms. The van der Waals surface area contributed by atoms with Gasteiger partial charge in [-0.25, -0.2) is 13.2 Å². The van der Waals surface area contributed by atoms with Crippen LogP contribution in [0.15, 0.2) is 18.2 Å². The van der Waals surface area contributed by atoms with Crippen molar-refractivity contribution in [2.24, 2.45) is 0 Å². The molecule has 3 heteroatoms. The SMILES string of the molecule is Fc1ccc(C2CC2F)c(F)c1. The van der Waals surface area contributed by atoms with E-state index in [-0.39, 0.29) is 5.92 Å². The van der Waals surface area contributed by atoms with Gasteiger partial charge in [-0.3, -0.25) is 0 Å². The van der Waals surface area contributed by atoms with Gasteiger partial charge in [0.15, 0.2) is 0 Å². The lowest BCUT2D eigenvalue weighted by Crippen LogP contribution is -1.90. The highest BCUT2D eigenvalue weighted by molar-refractivity contribution is 5.28. The summed E-state index contributed by atoms with van der Waals surface area (Å²) in [4.78, 5) is 0. The number of hydrogen-bond acceptors (Lipinski definition) is 0. The minimum Gasteiger partial charge on any atom is -0.247 e. The Morgan fingerprint density at radius 2 is 1.92 bits per heavy atom. The number of benzene rings is 1. The van der Waals surface area contributed by atoms with E-state index in [0.717, 1.165) is 12.1 Å². The first-order valence-corrected chi connectivity index (χ1v) is 3.77. The Morgan fingerprint density at radius 1 is 1.25 bits per heavy atom. The normalized spacial score (nSPS) is 27.2. The van der Waals surface area contributed by atoms with E-state index in [1.165, 1.54) is 6.07 Å². The summed E-state index contributed by atoms with van der Waals surface area (Å²) < 4.78 is 37.8. The maximum Gasteiger partial charge on any atom is 0.129 e. The van der Waals surface area contributed by atoms with E-state index in [1.807, 2.05) is 0 Å². The summed E-state index contributed by atoms with van der Waals surface area (Å²) in [5, 5.41) is 0. The molecule has 2 unspecified atom stereocenters. The smallest absolute Gasteiger partial charge is 0.129 e. The third-order valence-electron chi connectivity index (χ3n) is 2.07. The molecule has 0 heterocycles. The number of hydrogen-bond donors (Lipinski definition) is 0. The molecule has 1 aliphatic rings. The molecular formula is C9H7F3. The molecule has 0 aromatic heterocycles. The summed E-state index contributed by atoms with van der Waals surface area (Å²) in [6.45, 7) is 0. The van der Waals surface area contributed by atoms with Crippen LogP contribution in [0.25, 0.3) is 0 Å². The van der Waals surface area contributed by atoms with Crippen molar-refractivity contribution in [1.82, 2.24) is 0 Å². The molecule has 0 aliphatic heterocycles. The van der Waals surface area contributed by atoms with Crippen molar-refractivity contribution < 1.29 is 13.2 Å². The van der Waals surface area contributed by atoms with Crippen LogP contribution >= 0.6 is 0 Å². The predicted octanol–water partition coefficient (Wildman–Crippen LogP) is 2.79. The van der Waals surface area contributed by atoms with Crippen LogP contribution in [0.5, 0.6) is 0 Å². The Bertz CT molecular complexity index is 309. The summed E-state index contributed by atoms with van der Waals surface area (Å²) in [7, 11) is 0. The van der Waals surface area contributed by atoms with Crippen molar-refractivity contribution in [3.8, 4) is 0 Å². The lowest BCUT2D eigenvalue weighted by atomic mass is 10.1. The second-order valence-corrected chi connectivity index (χ2v) is 3.02. The van der Waals surface area contributed by atoms with Crippen molar-refractivity contribution in [2.45, 2.75) is 18.5 Å². The fraction of sp³-hybridized carbons (Fsp3) is 0.333. The number of alkyl halides is 1. The minimum absolute atomic E-state index is 0.295. The van der Waals surface area contributed by atoms with Gasteiger partial charge in [-0.2, -0.15) is 0 Å². The van der Waals surface area contributed by atoms with E-state index in [0.29, 0.717) is 12.0 Å². The average molecular weight is 172 g/mol. The van der Waals surface area contributed by atoms with Gasteiger partial charge in [-0.15, -0.1) is 0 Å². The lowest BCUT2D eigenvalue weighted by molar-refractivity contribution is 0.463. The highest BCUT2D eigenvalue weighted by Gasteiger charge is 2.40. The molecule has 0 radical (unpaired) electrons. The van der Waals surface area contributed by atoms with E-state index in [1.54, 1.807) is 0 Å². The molecule has 1 aromatic carbocycles. The topological polar surface area (TPSA) is 0 Å². The maximum absolute atomic E-state index is 12.9. The van der Waals surface area contributed by atoms with Crippen LogP contribution in [-0.2, 0) is 0 Å². The fourth-order valence-corrected chi connectivity index (χ4v) is 1.29. The average Bonchev–Trinajstić information content (AvgIpc) is 2.66. The molecule has 0 bridgehead atoms. The van der Waals surface area contributed by atoms with Gasteiger partial charge in [0.2, 0.25) is 0 Å². The molecule has 12 heavy (non-hydrogen) atoms. The van der Waals surface area contributed by atoms with Crippen molar-refractivity contribution in [3.05, 3.63) is 35.4 Å². The van der Waals surface area contributed by atoms with Crippen molar-refractivity contribution in [3.63, 3.8) is 0 Å². The maximum atomic E-state index is 12.9. The molecule has 0 saturated heterocycles. The zero-order valence-electron chi connectivity index (χ0n) is 6.23. The standard InChI is InChI=1S/C9H7F3/c10-5-1-2-6(8(11)3-5)7-4-9(7)12/h1-3,7,9H,4H2. The minimum atomic E-state index is -0.940. The summed E-state index contributed by atoms with van der Waals surface area (Å²) in [5.41, 5.74) is 0.295. The van der Waals surface area contributed by atoms with E-state index in [2.05, 4.69) is 0 Å². The van der Waals surface area contributed by atoms with Gasteiger partial charge in [-0.05, 0) is 18.1 Å². The van der Waals surface area contributed by atoms with Gasteiger partial charge in [0, 0.05) is 12.0 Å². The van der Waals surface area contributed by atoms with Gasteiger partial charge in [0.1, 0.15) is 17.8 Å². The molecule has 0 amide bonds. The molecule has 1 fully saturated rings. The highest BCUT2D eigenvalue weighted by Crippen LogP contribution is 2.44. The first-order chi connectivity index (χ1) is 5.68. The lowest BCUT2D eigenvalue weighted by Gasteiger charge is -1.99. The summed E-state index contributed by atoms with van der Waals surface area (Å²) in [5.74, 6) is -1.60. The molecule has 2 atom stereocenters. The number of rotatable bonds is 1. The molecule has 0 N–H and O–H groups in total. The van der Waals surface area contributed by atoms with E-state index >= 15 is 0 Å². The number of halogens is 3. The molecule has 0 nitrogen and oxygen atoms in total. The fourth-order valence-electron chi connectivity index (χ4n) is 1.29. The van der Waals surface area contributed by atoms with Crippen molar-refractivity contribution in [2.75, 3.05) is 0 Å². The van der Waals surface area contributed by atoms with Gasteiger partial charge < -0.3 is 0 Å². The molecular weight excluding hydrogens is 165 g/mol. The van der Waals surface area contributed by atoms with E-state index in [9.17, 15) is 13.2 Å². The van der Waals surface area contributed by atoms with Gasteiger partial charge in [0.25, 0.3) is 0 Å². The Balaban J connectivity index is 2.33. The largest absolute Gasteiger partial charge is 0.247 e. The summed E-state index contributed by atoms with van der Waals surface area (Å²) in [6.07, 6.45) is -0.576. The highest BCUT2D eigenvalue weighted by atomic mass is 19.1. The molecule has 1 saturated carbocycles. The zero-order valence-corrected chi connectivity index (χ0v) is 6.23. The molecule has 2 rings (SSSR count). The van der Waals surface area contributed by atoms with Crippen LogP contribution in [0.4, 0.5) is 13.2 Å². The van der Waals surface area contributed by atoms with Crippen molar-refractivity contribution >= 4 is 0 Å². The van der Waals surface area contributed by atoms with Crippen molar-refractivity contribution in [1.29, 1.82) is 0 Å². The summed E-state index contributed by atoms with van der Waals surface area (Å²) in [6, 6.07) is 3.26.